The lowest BCUT2D eigenvalue weighted by Gasteiger charge is -2.24. The van der Waals surface area contributed by atoms with Crippen LogP contribution in [0, 0.1) is 10.1 Å². The molecule has 242 valence electrons. The van der Waals surface area contributed by atoms with Gasteiger partial charge in [0.25, 0.3) is 0 Å². The number of ether oxygens (including phenoxy) is 3. The smallest absolute Gasteiger partial charge is 0.410 e. The van der Waals surface area contributed by atoms with E-state index in [4.69, 9.17) is 19.9 Å². The molecule has 0 saturated carbocycles. The van der Waals surface area contributed by atoms with Crippen LogP contribution in [0.3, 0.4) is 0 Å². The van der Waals surface area contributed by atoms with Gasteiger partial charge in [-0.05, 0) is 74.2 Å². The number of carbonyl (C=O) groups excluding carboxylic acids is 2. The summed E-state index contributed by atoms with van der Waals surface area (Å²) in [5.41, 5.74) is 6.04. The molecule has 1 unspecified atom stereocenters. The second-order valence-electron chi connectivity index (χ2n) is 10.8. The molecule has 2 N–H and O–H groups in total. The van der Waals surface area contributed by atoms with E-state index in [-0.39, 0.29) is 24.8 Å². The lowest BCUT2D eigenvalue weighted by Crippen LogP contribution is -2.33. The molecule has 2 aromatic carbocycles. The summed E-state index contributed by atoms with van der Waals surface area (Å²) in [5.74, 6) is -1.39. The van der Waals surface area contributed by atoms with Crippen LogP contribution in [0.25, 0.3) is 0 Å². The minimum atomic E-state index is -2.59. The highest BCUT2D eigenvalue weighted by atomic mass is 32.2. The van der Waals surface area contributed by atoms with Crippen LogP contribution in [0.1, 0.15) is 44.6 Å². The molecule has 3 rings (SSSR count). The summed E-state index contributed by atoms with van der Waals surface area (Å²) in [7, 11) is 1.65. The average Bonchev–Trinajstić information content (AvgIpc) is 2.93. The first-order valence-electron chi connectivity index (χ1n) is 13.7. The van der Waals surface area contributed by atoms with Crippen LogP contribution in [-0.4, -0.2) is 66.4 Å². The molecule has 1 atom stereocenters. The van der Waals surface area contributed by atoms with Gasteiger partial charge in [0.15, 0.2) is 0 Å². The quantitative estimate of drug-likeness (QED) is 0.121. The third-order valence-corrected chi connectivity index (χ3v) is 6.37. The van der Waals surface area contributed by atoms with Crippen molar-refractivity contribution in [2.75, 3.05) is 30.8 Å². The fraction of sp³-hybridized carbons (Fsp3) is 0.379. The molecule has 3 aromatic rings. The summed E-state index contributed by atoms with van der Waals surface area (Å²) in [4.78, 5) is 46.3. The zero-order chi connectivity index (χ0) is 33.3. The summed E-state index contributed by atoms with van der Waals surface area (Å²) in [5, 5.41) is 11.9. The van der Waals surface area contributed by atoms with Crippen molar-refractivity contribution >= 4 is 40.5 Å². The minimum Gasteiger partial charge on any atom is -0.772 e. The Balaban J connectivity index is 1.78. The van der Waals surface area contributed by atoms with Gasteiger partial charge in [-0.25, -0.2) is 14.8 Å². The zero-order valence-electron chi connectivity index (χ0n) is 25.6. The molecular formula is C29H35N6O9S-. The first-order chi connectivity index (χ1) is 21.1. The lowest BCUT2D eigenvalue weighted by molar-refractivity contribution is -0.383. The molecule has 0 aliphatic rings. The van der Waals surface area contributed by atoms with Crippen molar-refractivity contribution in [1.29, 1.82) is 0 Å². The van der Waals surface area contributed by atoms with E-state index >= 15 is 0 Å². The third kappa shape index (κ3) is 10.7. The summed E-state index contributed by atoms with van der Waals surface area (Å²) in [6.07, 6.45) is -0.430. The van der Waals surface area contributed by atoms with Crippen LogP contribution in [0.4, 0.5) is 22.1 Å². The highest BCUT2D eigenvalue weighted by Crippen LogP contribution is 2.32. The maximum Gasteiger partial charge on any atom is 0.410 e. The number of carbonyl (C=O) groups is 2. The number of aromatic nitrogens is 2. The largest absolute Gasteiger partial charge is 0.772 e. The van der Waals surface area contributed by atoms with Crippen LogP contribution in [0.15, 0.2) is 48.5 Å². The van der Waals surface area contributed by atoms with Crippen molar-refractivity contribution in [3.05, 3.63) is 75.6 Å². The predicted molar refractivity (Wildman–Crippen MR) is 164 cm³/mol. The Labute approximate surface area is 262 Å². The number of esters is 1. The Kier molecular flexibility index (Phi) is 11.7. The molecule has 0 aliphatic heterocycles. The van der Waals surface area contributed by atoms with Gasteiger partial charge in [-0.15, -0.1) is 0 Å². The minimum absolute atomic E-state index is 0.0455. The maximum absolute atomic E-state index is 12.4. The van der Waals surface area contributed by atoms with Crippen LogP contribution in [-0.2, 0) is 44.2 Å². The third-order valence-electron chi connectivity index (χ3n) is 5.87. The number of benzene rings is 2. The van der Waals surface area contributed by atoms with Crippen molar-refractivity contribution in [2.45, 2.75) is 52.1 Å². The van der Waals surface area contributed by atoms with Gasteiger partial charge in [0, 0.05) is 20.1 Å². The van der Waals surface area contributed by atoms with E-state index in [0.29, 0.717) is 23.6 Å². The average molecular weight is 644 g/mol. The highest BCUT2D eigenvalue weighted by Gasteiger charge is 2.29. The highest BCUT2D eigenvalue weighted by molar-refractivity contribution is 7.78. The number of amides is 1. The number of nitrogens with two attached hydrogens (primary N) is 1. The van der Waals surface area contributed by atoms with Gasteiger partial charge in [0.2, 0.25) is 11.6 Å². The molecule has 1 aromatic heterocycles. The summed E-state index contributed by atoms with van der Waals surface area (Å²) >= 11 is -2.59. The fourth-order valence-electron chi connectivity index (χ4n) is 4.00. The Bertz CT molecular complexity index is 1530. The first-order valence-corrected chi connectivity index (χ1v) is 15.0. The second kappa shape index (κ2) is 15.3. The maximum atomic E-state index is 12.4. The molecule has 16 heteroatoms. The number of hydrogen-bond donors (Lipinski definition) is 1. The Morgan fingerprint density at radius 1 is 1.00 bits per heavy atom. The van der Waals surface area contributed by atoms with E-state index in [1.165, 1.54) is 9.80 Å². The molecule has 0 bridgehead atoms. The van der Waals surface area contributed by atoms with Gasteiger partial charge in [-0.3, -0.25) is 19.1 Å². The number of anilines is 2. The molecule has 0 spiro atoms. The molecule has 0 aliphatic carbocycles. The van der Waals surface area contributed by atoms with Gasteiger partial charge >= 0.3 is 17.7 Å². The summed E-state index contributed by atoms with van der Waals surface area (Å²) < 4.78 is 38.8. The van der Waals surface area contributed by atoms with E-state index in [2.05, 4.69) is 9.97 Å². The van der Waals surface area contributed by atoms with Crippen molar-refractivity contribution in [1.82, 2.24) is 14.9 Å². The van der Waals surface area contributed by atoms with Gasteiger partial charge in [-0.1, -0.05) is 24.3 Å². The zero-order valence-corrected chi connectivity index (χ0v) is 26.4. The topological polar surface area (TPSA) is 203 Å². The lowest BCUT2D eigenvalue weighted by atomic mass is 10.2. The van der Waals surface area contributed by atoms with E-state index in [1.54, 1.807) is 71.1 Å². The molecule has 0 fully saturated rings. The van der Waals surface area contributed by atoms with E-state index in [0.717, 1.165) is 5.56 Å². The number of nitrogens with zero attached hydrogens (tertiary/aromatic N) is 5. The van der Waals surface area contributed by atoms with Crippen LogP contribution in [0.2, 0.25) is 0 Å². The van der Waals surface area contributed by atoms with Crippen molar-refractivity contribution in [3.8, 4) is 11.5 Å². The van der Waals surface area contributed by atoms with E-state index in [1.807, 2.05) is 12.1 Å². The van der Waals surface area contributed by atoms with Gasteiger partial charge < -0.3 is 34.3 Å². The van der Waals surface area contributed by atoms with Gasteiger partial charge in [0.05, 0.1) is 17.3 Å². The van der Waals surface area contributed by atoms with Crippen LogP contribution < -0.4 is 15.4 Å². The SMILES string of the molecule is CCOC(=O)CN(Cc1ccc(Oc2ccc(CN(C)C(=O)OC(C)(C)C)cc2)cc1)c1nc(CS(=O)[O-])nc(N)c1[N+](=O)[O-]. The predicted octanol–water partition coefficient (Wildman–Crippen LogP) is 4.08. The molecular weight excluding hydrogens is 608 g/mol. The number of hydrogen-bond acceptors (Lipinski definition) is 13. The van der Waals surface area contributed by atoms with Crippen LogP contribution in [0.5, 0.6) is 11.5 Å². The van der Waals surface area contributed by atoms with E-state index in [9.17, 15) is 28.5 Å². The molecule has 45 heavy (non-hydrogen) atoms. The molecule has 0 saturated heterocycles. The number of nitro groups is 1. The van der Waals surface area contributed by atoms with E-state index < -0.39 is 57.5 Å². The normalized spacial score (nSPS) is 11.8. The van der Waals surface area contributed by atoms with Crippen molar-refractivity contribution in [2.24, 2.45) is 0 Å². The Morgan fingerprint density at radius 3 is 2.04 bits per heavy atom. The van der Waals surface area contributed by atoms with Gasteiger partial charge in [-0.2, -0.15) is 0 Å². The monoisotopic (exact) mass is 643 g/mol. The van der Waals surface area contributed by atoms with Gasteiger partial charge in [0.1, 0.15) is 29.5 Å². The molecule has 15 nitrogen and oxygen atoms in total. The standard InChI is InChI=1S/C29H36N6O9S/c1-6-42-24(36)17-34(27-25(35(38)39)26(30)31-23(32-27)18-45(40)41)16-20-9-13-22(14-10-20)43-21-11-7-19(8-12-21)15-33(5)28(37)44-29(2,3)4/h7-14H,6,15-18H2,1-5H3,(H,40,41)(H2,30,31,32)/p-1. The Morgan fingerprint density at radius 2 is 1.56 bits per heavy atom. The summed E-state index contributed by atoms with van der Waals surface area (Å²) in [6.45, 7) is 6.97. The van der Waals surface area contributed by atoms with Crippen molar-refractivity contribution < 1.29 is 37.5 Å². The number of nitrogen functional groups attached to an aromatic ring is 1. The molecule has 1 amide bonds. The molecule has 0 radical (unpaired) electrons. The summed E-state index contributed by atoms with van der Waals surface area (Å²) in [6, 6.07) is 13.9. The second-order valence-corrected chi connectivity index (χ2v) is 11.7. The number of rotatable bonds is 13. The Hall–Kier alpha value is -4.83. The van der Waals surface area contributed by atoms with Crippen LogP contribution >= 0.6 is 0 Å². The van der Waals surface area contributed by atoms with Crippen molar-refractivity contribution in [3.63, 3.8) is 0 Å². The fourth-order valence-corrected chi connectivity index (χ4v) is 4.34. The molecule has 1 heterocycles. The first kappa shape index (κ1) is 34.7.